The zero-order valence-corrected chi connectivity index (χ0v) is 12.5. The SMILES string of the molecule is CCCn1ccnc1C(N)c1cc(C)c2ccccc2n1. The molecular weight excluding hydrogens is 260 g/mol. The number of imidazole rings is 1. The van der Waals surface area contributed by atoms with Crippen LogP contribution in [0, 0.1) is 6.92 Å². The van der Waals surface area contributed by atoms with Crippen LogP contribution >= 0.6 is 0 Å². The molecule has 1 aromatic carbocycles. The minimum absolute atomic E-state index is 0.296. The van der Waals surface area contributed by atoms with Gasteiger partial charge in [0.15, 0.2) is 0 Å². The molecule has 108 valence electrons. The lowest BCUT2D eigenvalue weighted by atomic mass is 10.1. The molecular formula is C17H20N4. The van der Waals surface area contributed by atoms with Crippen molar-refractivity contribution in [3.63, 3.8) is 0 Å². The summed E-state index contributed by atoms with van der Waals surface area (Å²) >= 11 is 0. The van der Waals surface area contributed by atoms with Crippen molar-refractivity contribution in [2.45, 2.75) is 32.9 Å². The normalized spacial score (nSPS) is 12.7. The zero-order valence-electron chi connectivity index (χ0n) is 12.5. The molecule has 0 saturated heterocycles. The van der Waals surface area contributed by atoms with Crippen LogP contribution < -0.4 is 5.73 Å². The molecule has 0 radical (unpaired) electrons. The van der Waals surface area contributed by atoms with Gasteiger partial charge in [-0.2, -0.15) is 0 Å². The summed E-state index contributed by atoms with van der Waals surface area (Å²) in [5, 5.41) is 1.17. The highest BCUT2D eigenvalue weighted by molar-refractivity contribution is 5.82. The number of hydrogen-bond donors (Lipinski definition) is 1. The number of aromatic nitrogens is 3. The molecule has 0 bridgehead atoms. The van der Waals surface area contributed by atoms with Gasteiger partial charge in [-0.25, -0.2) is 4.98 Å². The topological polar surface area (TPSA) is 56.7 Å². The fourth-order valence-electron chi connectivity index (χ4n) is 2.70. The third-order valence-corrected chi connectivity index (χ3v) is 3.75. The molecule has 0 saturated carbocycles. The van der Waals surface area contributed by atoms with Crippen LogP contribution in [0.1, 0.15) is 36.5 Å². The third kappa shape index (κ3) is 2.54. The van der Waals surface area contributed by atoms with Gasteiger partial charge in [-0.3, -0.25) is 4.98 Å². The van der Waals surface area contributed by atoms with Crippen LogP contribution in [-0.2, 0) is 6.54 Å². The average molecular weight is 280 g/mol. The number of aryl methyl sites for hydroxylation is 2. The van der Waals surface area contributed by atoms with Crippen molar-refractivity contribution in [3.8, 4) is 0 Å². The Kier molecular flexibility index (Phi) is 3.71. The predicted molar refractivity (Wildman–Crippen MR) is 85.0 cm³/mol. The van der Waals surface area contributed by atoms with E-state index in [9.17, 15) is 0 Å². The van der Waals surface area contributed by atoms with Crippen molar-refractivity contribution in [1.82, 2.24) is 14.5 Å². The standard InChI is InChI=1S/C17H20N4/c1-3-9-21-10-8-19-17(21)16(18)15-11-12(2)13-6-4-5-7-14(13)20-15/h4-8,10-11,16H,3,9,18H2,1-2H3. The molecule has 0 aliphatic carbocycles. The summed E-state index contributed by atoms with van der Waals surface area (Å²) in [6, 6.07) is 9.92. The maximum Gasteiger partial charge on any atom is 0.131 e. The second kappa shape index (κ2) is 5.66. The van der Waals surface area contributed by atoms with Crippen LogP contribution in [0.4, 0.5) is 0 Å². The predicted octanol–water partition coefficient (Wildman–Crippen LogP) is 3.20. The van der Waals surface area contributed by atoms with Gasteiger partial charge in [0.05, 0.1) is 11.2 Å². The molecule has 0 aliphatic rings. The summed E-state index contributed by atoms with van der Waals surface area (Å²) in [7, 11) is 0. The fourth-order valence-corrected chi connectivity index (χ4v) is 2.70. The maximum atomic E-state index is 6.41. The van der Waals surface area contributed by atoms with Crippen molar-refractivity contribution >= 4 is 10.9 Å². The van der Waals surface area contributed by atoms with E-state index in [2.05, 4.69) is 35.5 Å². The number of fused-ring (bicyclic) bond motifs is 1. The molecule has 1 unspecified atom stereocenters. The molecule has 1 atom stereocenters. The summed E-state index contributed by atoms with van der Waals surface area (Å²) in [4.78, 5) is 9.13. The summed E-state index contributed by atoms with van der Waals surface area (Å²) in [5.74, 6) is 0.874. The van der Waals surface area contributed by atoms with E-state index in [0.29, 0.717) is 0 Å². The molecule has 4 heteroatoms. The number of benzene rings is 1. The number of para-hydroxylation sites is 1. The fraction of sp³-hybridized carbons (Fsp3) is 0.294. The molecule has 3 rings (SSSR count). The van der Waals surface area contributed by atoms with Crippen molar-refractivity contribution in [2.75, 3.05) is 0 Å². The Labute approximate surface area is 124 Å². The Morgan fingerprint density at radius 3 is 2.90 bits per heavy atom. The average Bonchev–Trinajstić information content (AvgIpc) is 2.95. The van der Waals surface area contributed by atoms with Gasteiger partial charge in [0.25, 0.3) is 0 Å². The monoisotopic (exact) mass is 280 g/mol. The quantitative estimate of drug-likeness (QED) is 0.798. The third-order valence-electron chi connectivity index (χ3n) is 3.75. The molecule has 2 N–H and O–H groups in total. The zero-order chi connectivity index (χ0) is 14.8. The van der Waals surface area contributed by atoms with E-state index < -0.39 is 0 Å². The maximum absolute atomic E-state index is 6.41. The molecule has 0 amide bonds. The van der Waals surface area contributed by atoms with E-state index in [4.69, 9.17) is 10.7 Å². The van der Waals surface area contributed by atoms with Gasteiger partial charge < -0.3 is 10.3 Å². The molecule has 21 heavy (non-hydrogen) atoms. The highest BCUT2D eigenvalue weighted by atomic mass is 15.1. The minimum atomic E-state index is -0.296. The second-order valence-electron chi connectivity index (χ2n) is 5.34. The minimum Gasteiger partial charge on any atom is -0.333 e. The Morgan fingerprint density at radius 1 is 1.29 bits per heavy atom. The lowest BCUT2D eigenvalue weighted by Gasteiger charge is -2.15. The number of nitrogens with zero attached hydrogens (tertiary/aromatic N) is 3. The Balaban J connectivity index is 2.05. The van der Waals surface area contributed by atoms with Gasteiger partial charge in [-0.15, -0.1) is 0 Å². The van der Waals surface area contributed by atoms with Crippen molar-refractivity contribution in [1.29, 1.82) is 0 Å². The molecule has 2 heterocycles. The molecule has 4 nitrogen and oxygen atoms in total. The Morgan fingerprint density at radius 2 is 2.10 bits per heavy atom. The molecule has 2 aromatic heterocycles. The van der Waals surface area contributed by atoms with Gasteiger partial charge in [0.1, 0.15) is 11.9 Å². The lowest BCUT2D eigenvalue weighted by Crippen LogP contribution is -2.19. The van der Waals surface area contributed by atoms with Crippen LogP contribution in [0.5, 0.6) is 0 Å². The number of rotatable bonds is 4. The van der Waals surface area contributed by atoms with Crippen molar-refractivity contribution in [3.05, 3.63) is 59.8 Å². The first-order valence-corrected chi connectivity index (χ1v) is 7.33. The van der Waals surface area contributed by atoms with E-state index in [1.807, 2.05) is 24.4 Å². The van der Waals surface area contributed by atoms with Crippen LogP contribution in [0.15, 0.2) is 42.7 Å². The molecule has 0 spiro atoms. The Bertz CT molecular complexity index is 760. The van der Waals surface area contributed by atoms with Gasteiger partial charge in [0.2, 0.25) is 0 Å². The van der Waals surface area contributed by atoms with E-state index in [1.165, 1.54) is 10.9 Å². The number of pyridine rings is 1. The van der Waals surface area contributed by atoms with Crippen LogP contribution in [-0.4, -0.2) is 14.5 Å². The largest absolute Gasteiger partial charge is 0.333 e. The first kappa shape index (κ1) is 13.8. The summed E-state index contributed by atoms with van der Waals surface area (Å²) in [6.45, 7) is 5.17. The molecule has 0 aliphatic heterocycles. The second-order valence-corrected chi connectivity index (χ2v) is 5.34. The van der Waals surface area contributed by atoms with Crippen LogP contribution in [0.25, 0.3) is 10.9 Å². The first-order chi connectivity index (χ1) is 10.2. The number of nitrogens with two attached hydrogens (primary N) is 1. The summed E-state index contributed by atoms with van der Waals surface area (Å²) in [5.41, 5.74) is 9.45. The van der Waals surface area contributed by atoms with Crippen molar-refractivity contribution < 1.29 is 0 Å². The summed E-state index contributed by atoms with van der Waals surface area (Å²) in [6.07, 6.45) is 4.84. The van der Waals surface area contributed by atoms with E-state index >= 15 is 0 Å². The first-order valence-electron chi connectivity index (χ1n) is 7.33. The highest BCUT2D eigenvalue weighted by Crippen LogP contribution is 2.23. The number of hydrogen-bond acceptors (Lipinski definition) is 3. The highest BCUT2D eigenvalue weighted by Gasteiger charge is 2.17. The molecule has 3 aromatic rings. The van der Waals surface area contributed by atoms with Gasteiger partial charge in [0, 0.05) is 24.3 Å². The van der Waals surface area contributed by atoms with Gasteiger partial charge in [-0.1, -0.05) is 25.1 Å². The van der Waals surface area contributed by atoms with Crippen LogP contribution in [0.3, 0.4) is 0 Å². The van der Waals surface area contributed by atoms with E-state index in [1.54, 1.807) is 6.20 Å². The van der Waals surface area contributed by atoms with E-state index in [-0.39, 0.29) is 6.04 Å². The van der Waals surface area contributed by atoms with Crippen LogP contribution in [0.2, 0.25) is 0 Å². The van der Waals surface area contributed by atoms with Crippen molar-refractivity contribution in [2.24, 2.45) is 5.73 Å². The smallest absolute Gasteiger partial charge is 0.131 e. The lowest BCUT2D eigenvalue weighted by molar-refractivity contribution is 0.608. The van der Waals surface area contributed by atoms with Gasteiger partial charge >= 0.3 is 0 Å². The summed E-state index contributed by atoms with van der Waals surface area (Å²) < 4.78 is 2.11. The Hall–Kier alpha value is -2.20. The van der Waals surface area contributed by atoms with E-state index in [0.717, 1.165) is 30.0 Å². The van der Waals surface area contributed by atoms with Gasteiger partial charge in [-0.05, 0) is 31.0 Å². The molecule has 0 fully saturated rings.